The van der Waals surface area contributed by atoms with Gasteiger partial charge in [0.15, 0.2) is 0 Å². The lowest BCUT2D eigenvalue weighted by Crippen LogP contribution is -2.32. The third-order valence-corrected chi connectivity index (χ3v) is 1.88. The van der Waals surface area contributed by atoms with E-state index in [1.807, 2.05) is 0 Å². The second kappa shape index (κ2) is 9.89. The van der Waals surface area contributed by atoms with Gasteiger partial charge in [-0.05, 0) is 6.42 Å². The maximum atomic E-state index is 10.4. The molecule has 1 unspecified atom stereocenters. The van der Waals surface area contributed by atoms with Crippen molar-refractivity contribution in [2.75, 3.05) is 26.3 Å². The second-order valence-corrected chi connectivity index (χ2v) is 3.50. The number of aliphatic hydroxyl groups excluding tert-OH is 1. The SMILES string of the molecule is CCCCOCC(O)CNCCC(N)=O. The van der Waals surface area contributed by atoms with Gasteiger partial charge in [0.05, 0.1) is 12.7 Å². The lowest BCUT2D eigenvalue weighted by atomic mass is 10.3. The molecule has 5 nitrogen and oxygen atoms in total. The van der Waals surface area contributed by atoms with E-state index in [0.717, 1.165) is 12.8 Å². The average Bonchev–Trinajstić information content (AvgIpc) is 2.19. The van der Waals surface area contributed by atoms with Crippen LogP contribution in [0.25, 0.3) is 0 Å². The highest BCUT2D eigenvalue weighted by molar-refractivity contribution is 5.73. The minimum absolute atomic E-state index is 0.295. The Morgan fingerprint density at radius 3 is 2.93 bits per heavy atom. The first kappa shape index (κ1) is 14.3. The lowest BCUT2D eigenvalue weighted by molar-refractivity contribution is -0.117. The number of carbonyl (C=O) groups excluding carboxylic acids is 1. The van der Waals surface area contributed by atoms with Gasteiger partial charge < -0.3 is 20.9 Å². The molecule has 0 aliphatic rings. The molecule has 0 bridgehead atoms. The Labute approximate surface area is 91.0 Å². The normalized spacial score (nSPS) is 12.7. The summed E-state index contributed by atoms with van der Waals surface area (Å²) < 4.78 is 5.23. The maximum absolute atomic E-state index is 10.4. The van der Waals surface area contributed by atoms with Gasteiger partial charge >= 0.3 is 0 Å². The smallest absolute Gasteiger partial charge is 0.218 e. The van der Waals surface area contributed by atoms with Crippen LogP contribution < -0.4 is 11.1 Å². The predicted octanol–water partition coefficient (Wildman–Crippen LogP) is -0.371. The number of rotatable bonds is 10. The zero-order chi connectivity index (χ0) is 11.5. The maximum Gasteiger partial charge on any atom is 0.218 e. The van der Waals surface area contributed by atoms with Crippen molar-refractivity contribution in [3.05, 3.63) is 0 Å². The zero-order valence-corrected chi connectivity index (χ0v) is 9.37. The van der Waals surface area contributed by atoms with Crippen molar-refractivity contribution in [1.82, 2.24) is 5.32 Å². The van der Waals surface area contributed by atoms with E-state index in [-0.39, 0.29) is 5.91 Å². The van der Waals surface area contributed by atoms with Crippen molar-refractivity contribution in [2.24, 2.45) is 5.73 Å². The summed E-state index contributed by atoms with van der Waals surface area (Å²) in [6.07, 6.45) is 1.88. The van der Waals surface area contributed by atoms with Gasteiger partial charge in [0.1, 0.15) is 0 Å². The number of nitrogens with two attached hydrogens (primary N) is 1. The number of ether oxygens (including phenoxy) is 1. The van der Waals surface area contributed by atoms with E-state index in [9.17, 15) is 9.90 Å². The average molecular weight is 218 g/mol. The number of unbranched alkanes of at least 4 members (excludes halogenated alkanes) is 1. The van der Waals surface area contributed by atoms with Crippen molar-refractivity contribution in [3.63, 3.8) is 0 Å². The molecule has 0 heterocycles. The van der Waals surface area contributed by atoms with E-state index in [1.54, 1.807) is 0 Å². The molecule has 15 heavy (non-hydrogen) atoms. The standard InChI is InChI=1S/C10H22N2O3/c1-2-3-6-15-8-9(13)7-12-5-4-10(11)14/h9,12-13H,2-8H2,1H3,(H2,11,14). The summed E-state index contributed by atoms with van der Waals surface area (Å²) in [5, 5.41) is 12.3. The van der Waals surface area contributed by atoms with Crippen LogP contribution in [0, 0.1) is 0 Å². The predicted molar refractivity (Wildman–Crippen MR) is 58.4 cm³/mol. The molecule has 0 aliphatic heterocycles. The van der Waals surface area contributed by atoms with Crippen LogP contribution in [0.4, 0.5) is 0 Å². The van der Waals surface area contributed by atoms with Crippen LogP contribution >= 0.6 is 0 Å². The van der Waals surface area contributed by atoms with Gasteiger partial charge in [-0.1, -0.05) is 13.3 Å². The molecule has 1 amide bonds. The Morgan fingerprint density at radius 1 is 1.60 bits per heavy atom. The van der Waals surface area contributed by atoms with Crippen molar-refractivity contribution >= 4 is 5.91 Å². The van der Waals surface area contributed by atoms with Crippen LogP contribution in [-0.2, 0) is 9.53 Å². The molecule has 0 rings (SSSR count). The van der Waals surface area contributed by atoms with Crippen molar-refractivity contribution in [2.45, 2.75) is 32.3 Å². The van der Waals surface area contributed by atoms with Gasteiger partial charge in [0.25, 0.3) is 0 Å². The molecule has 1 atom stereocenters. The van der Waals surface area contributed by atoms with E-state index in [2.05, 4.69) is 12.2 Å². The molecule has 0 aromatic heterocycles. The Morgan fingerprint density at radius 2 is 2.33 bits per heavy atom. The summed E-state index contributed by atoms with van der Waals surface area (Å²) in [5.41, 5.74) is 4.96. The Bertz CT molecular complexity index is 165. The minimum Gasteiger partial charge on any atom is -0.389 e. The molecule has 0 aliphatic carbocycles. The largest absolute Gasteiger partial charge is 0.389 e. The quantitative estimate of drug-likeness (QED) is 0.437. The summed E-state index contributed by atoms with van der Waals surface area (Å²) in [6, 6.07) is 0. The first-order valence-electron chi connectivity index (χ1n) is 5.41. The van der Waals surface area contributed by atoms with E-state index >= 15 is 0 Å². The number of hydrogen-bond donors (Lipinski definition) is 3. The fourth-order valence-corrected chi connectivity index (χ4v) is 1.00. The zero-order valence-electron chi connectivity index (χ0n) is 9.37. The monoisotopic (exact) mass is 218 g/mol. The Kier molecular flexibility index (Phi) is 9.46. The lowest BCUT2D eigenvalue weighted by Gasteiger charge is -2.11. The third-order valence-electron chi connectivity index (χ3n) is 1.88. The van der Waals surface area contributed by atoms with Gasteiger partial charge in [-0.15, -0.1) is 0 Å². The molecule has 0 aromatic carbocycles. The van der Waals surface area contributed by atoms with Crippen LogP contribution in [0.1, 0.15) is 26.2 Å². The highest BCUT2D eigenvalue weighted by atomic mass is 16.5. The summed E-state index contributed by atoms with van der Waals surface area (Å²) in [6.45, 7) is 4.05. The Balaban J connectivity index is 3.18. The van der Waals surface area contributed by atoms with Crippen LogP contribution in [0.2, 0.25) is 0 Å². The van der Waals surface area contributed by atoms with Gasteiger partial charge in [0.2, 0.25) is 5.91 Å². The minimum atomic E-state index is -0.519. The Hall–Kier alpha value is -0.650. The van der Waals surface area contributed by atoms with Crippen LogP contribution in [0.3, 0.4) is 0 Å². The highest BCUT2D eigenvalue weighted by Gasteiger charge is 2.03. The first-order valence-corrected chi connectivity index (χ1v) is 5.41. The molecule has 0 fully saturated rings. The summed E-state index contributed by atoms with van der Waals surface area (Å²) in [5.74, 6) is -0.337. The number of aliphatic hydroxyl groups is 1. The number of carbonyl (C=O) groups is 1. The number of primary amides is 1. The van der Waals surface area contributed by atoms with Crippen molar-refractivity contribution in [3.8, 4) is 0 Å². The van der Waals surface area contributed by atoms with Crippen LogP contribution in [0.5, 0.6) is 0 Å². The fraction of sp³-hybridized carbons (Fsp3) is 0.900. The second-order valence-electron chi connectivity index (χ2n) is 3.50. The molecule has 0 radical (unpaired) electrons. The summed E-state index contributed by atoms with van der Waals surface area (Å²) >= 11 is 0. The fourth-order valence-electron chi connectivity index (χ4n) is 1.00. The molecule has 0 saturated carbocycles. The molecule has 0 saturated heterocycles. The van der Waals surface area contributed by atoms with E-state index in [1.165, 1.54) is 0 Å². The molecule has 0 spiro atoms. The van der Waals surface area contributed by atoms with E-state index in [0.29, 0.717) is 32.7 Å². The molecule has 5 heteroatoms. The number of nitrogens with one attached hydrogen (secondary N) is 1. The molecular weight excluding hydrogens is 196 g/mol. The van der Waals surface area contributed by atoms with Crippen molar-refractivity contribution in [1.29, 1.82) is 0 Å². The van der Waals surface area contributed by atoms with Gasteiger partial charge in [0, 0.05) is 26.1 Å². The van der Waals surface area contributed by atoms with Crippen LogP contribution in [0.15, 0.2) is 0 Å². The van der Waals surface area contributed by atoms with Gasteiger partial charge in [-0.25, -0.2) is 0 Å². The summed E-state index contributed by atoms with van der Waals surface area (Å²) in [4.78, 5) is 10.4. The topological polar surface area (TPSA) is 84.6 Å². The molecule has 0 aromatic rings. The van der Waals surface area contributed by atoms with E-state index in [4.69, 9.17) is 10.5 Å². The first-order chi connectivity index (χ1) is 7.16. The number of amides is 1. The summed E-state index contributed by atoms with van der Waals surface area (Å²) in [7, 11) is 0. The van der Waals surface area contributed by atoms with Crippen molar-refractivity contribution < 1.29 is 14.6 Å². The molecule has 90 valence electrons. The van der Waals surface area contributed by atoms with Gasteiger partial charge in [-0.2, -0.15) is 0 Å². The highest BCUT2D eigenvalue weighted by Crippen LogP contribution is 1.90. The van der Waals surface area contributed by atoms with Crippen LogP contribution in [-0.4, -0.2) is 43.4 Å². The number of hydrogen-bond acceptors (Lipinski definition) is 4. The molecule has 4 N–H and O–H groups in total. The van der Waals surface area contributed by atoms with Gasteiger partial charge in [-0.3, -0.25) is 4.79 Å². The molecular formula is C10H22N2O3. The third kappa shape index (κ3) is 11.3. The van der Waals surface area contributed by atoms with E-state index < -0.39 is 6.10 Å².